The fraction of sp³-hybridized carbons (Fsp3) is 0.786. The van der Waals surface area contributed by atoms with Crippen LogP contribution in [-0.2, 0) is 6.54 Å². The molecule has 1 aromatic rings. The van der Waals surface area contributed by atoms with Gasteiger partial charge in [-0.3, -0.25) is 4.68 Å². The molecule has 0 aliphatic heterocycles. The number of hydrogen-bond acceptors (Lipinski definition) is 2. The Hall–Kier alpha value is -0.830. The van der Waals surface area contributed by atoms with Gasteiger partial charge in [-0.05, 0) is 44.6 Å². The Morgan fingerprint density at radius 1 is 1.41 bits per heavy atom. The van der Waals surface area contributed by atoms with Crippen molar-refractivity contribution in [2.75, 3.05) is 0 Å². The fourth-order valence-electron chi connectivity index (χ4n) is 2.90. The molecule has 0 radical (unpaired) electrons. The van der Waals surface area contributed by atoms with Gasteiger partial charge in [0.05, 0.1) is 17.5 Å². The van der Waals surface area contributed by atoms with Crippen molar-refractivity contribution < 1.29 is 5.11 Å². The van der Waals surface area contributed by atoms with Crippen LogP contribution in [0.3, 0.4) is 0 Å². The van der Waals surface area contributed by atoms with Gasteiger partial charge < -0.3 is 5.11 Å². The molecule has 3 nitrogen and oxygen atoms in total. The average molecular weight is 236 g/mol. The molecule has 0 aromatic carbocycles. The van der Waals surface area contributed by atoms with Crippen LogP contribution in [0.1, 0.15) is 57.0 Å². The maximum absolute atomic E-state index is 10.5. The van der Waals surface area contributed by atoms with Gasteiger partial charge in [-0.25, -0.2) is 0 Å². The van der Waals surface area contributed by atoms with Gasteiger partial charge in [-0.1, -0.05) is 19.8 Å². The molecule has 0 saturated heterocycles. The quantitative estimate of drug-likeness (QED) is 0.876. The molecule has 1 heterocycles. The lowest BCUT2D eigenvalue weighted by atomic mass is 9.79. The van der Waals surface area contributed by atoms with Crippen LogP contribution >= 0.6 is 0 Å². The van der Waals surface area contributed by atoms with E-state index in [2.05, 4.69) is 18.9 Å². The highest BCUT2D eigenvalue weighted by Gasteiger charge is 2.27. The van der Waals surface area contributed by atoms with E-state index >= 15 is 0 Å². The van der Waals surface area contributed by atoms with E-state index in [9.17, 15) is 5.11 Å². The van der Waals surface area contributed by atoms with E-state index < -0.39 is 0 Å². The molecule has 0 bridgehead atoms. The lowest BCUT2D eigenvalue weighted by molar-refractivity contribution is 0.0682. The van der Waals surface area contributed by atoms with Crippen molar-refractivity contribution in [3.63, 3.8) is 0 Å². The van der Waals surface area contributed by atoms with Crippen molar-refractivity contribution in [1.82, 2.24) is 9.78 Å². The summed E-state index contributed by atoms with van der Waals surface area (Å²) in [5.74, 6) is 1.25. The molecule has 96 valence electrons. The van der Waals surface area contributed by atoms with Crippen molar-refractivity contribution in [1.29, 1.82) is 0 Å². The zero-order valence-electron chi connectivity index (χ0n) is 11.2. The van der Waals surface area contributed by atoms with Gasteiger partial charge in [0, 0.05) is 6.54 Å². The number of hydrogen-bond donors (Lipinski definition) is 1. The van der Waals surface area contributed by atoms with Crippen molar-refractivity contribution >= 4 is 0 Å². The summed E-state index contributed by atoms with van der Waals surface area (Å²) in [6, 6.07) is 2.03. The van der Waals surface area contributed by atoms with E-state index in [1.807, 2.05) is 17.7 Å². The number of rotatable bonds is 3. The molecule has 0 spiro atoms. The van der Waals surface area contributed by atoms with Gasteiger partial charge in [-0.2, -0.15) is 5.10 Å². The highest BCUT2D eigenvalue weighted by Crippen LogP contribution is 2.36. The van der Waals surface area contributed by atoms with E-state index in [-0.39, 0.29) is 6.10 Å². The Kier molecular flexibility index (Phi) is 3.87. The van der Waals surface area contributed by atoms with Crippen LogP contribution in [0.15, 0.2) is 6.07 Å². The first-order valence-corrected chi connectivity index (χ1v) is 6.84. The summed E-state index contributed by atoms with van der Waals surface area (Å²) in [6.07, 6.45) is 4.47. The minimum atomic E-state index is -0.330. The first-order valence-electron chi connectivity index (χ1n) is 6.84. The van der Waals surface area contributed by atoms with E-state index in [1.165, 1.54) is 12.8 Å². The molecule has 0 amide bonds. The van der Waals surface area contributed by atoms with Crippen molar-refractivity contribution in [2.45, 2.75) is 59.1 Å². The molecular formula is C14H24N2O. The molecule has 1 aromatic heterocycles. The van der Waals surface area contributed by atoms with Crippen LogP contribution < -0.4 is 0 Å². The van der Waals surface area contributed by atoms with Gasteiger partial charge in [0.25, 0.3) is 0 Å². The zero-order chi connectivity index (χ0) is 12.4. The van der Waals surface area contributed by atoms with Gasteiger partial charge in [0.15, 0.2) is 0 Å². The number of aliphatic hydroxyl groups is 1. The minimum absolute atomic E-state index is 0.330. The maximum atomic E-state index is 10.5. The molecule has 1 aliphatic rings. The molecule has 1 unspecified atom stereocenters. The Bertz CT molecular complexity index is 364. The Balaban J connectivity index is 2.10. The Labute approximate surface area is 104 Å². The van der Waals surface area contributed by atoms with Crippen molar-refractivity contribution in [3.05, 3.63) is 17.5 Å². The van der Waals surface area contributed by atoms with Crippen LogP contribution in [0.4, 0.5) is 0 Å². The molecule has 17 heavy (non-hydrogen) atoms. The van der Waals surface area contributed by atoms with E-state index in [0.717, 1.165) is 36.7 Å². The summed E-state index contributed by atoms with van der Waals surface area (Å²) in [7, 11) is 0. The molecular weight excluding hydrogens is 212 g/mol. The molecule has 1 N–H and O–H groups in total. The number of aromatic nitrogens is 2. The topological polar surface area (TPSA) is 38.0 Å². The summed E-state index contributed by atoms with van der Waals surface area (Å²) in [4.78, 5) is 0. The second-order valence-electron chi connectivity index (χ2n) is 5.49. The highest BCUT2D eigenvalue weighted by atomic mass is 16.3. The third kappa shape index (κ3) is 2.71. The summed E-state index contributed by atoms with van der Waals surface area (Å²) < 4.78 is 1.94. The van der Waals surface area contributed by atoms with E-state index in [0.29, 0.717) is 5.92 Å². The van der Waals surface area contributed by atoms with Gasteiger partial charge >= 0.3 is 0 Å². The normalized spacial score (nSPS) is 27.1. The Morgan fingerprint density at radius 3 is 2.65 bits per heavy atom. The number of aryl methyl sites for hydroxylation is 2. The predicted octanol–water partition coefficient (Wildman–Crippen LogP) is 3.07. The van der Waals surface area contributed by atoms with Crippen LogP contribution in [0.2, 0.25) is 0 Å². The Morgan fingerprint density at radius 2 is 2.06 bits per heavy atom. The standard InChI is InChI=1S/C14H24N2O/c1-4-16-13(9-11(3)15-16)14(17)12-7-5-10(2)6-8-12/h9-10,12,14,17H,4-8H2,1-3H3. The van der Waals surface area contributed by atoms with Crippen LogP contribution in [-0.4, -0.2) is 14.9 Å². The molecule has 3 heteroatoms. The lowest BCUT2D eigenvalue weighted by Crippen LogP contribution is -2.21. The SMILES string of the molecule is CCn1nc(C)cc1C(O)C1CCC(C)CC1. The average Bonchev–Trinajstić information content (AvgIpc) is 2.70. The third-order valence-corrected chi connectivity index (χ3v) is 4.04. The van der Waals surface area contributed by atoms with E-state index in [1.54, 1.807) is 0 Å². The van der Waals surface area contributed by atoms with Crippen LogP contribution in [0.25, 0.3) is 0 Å². The predicted molar refractivity (Wildman–Crippen MR) is 68.7 cm³/mol. The number of aliphatic hydroxyl groups excluding tert-OH is 1. The van der Waals surface area contributed by atoms with Crippen molar-refractivity contribution in [2.24, 2.45) is 11.8 Å². The summed E-state index contributed by atoms with van der Waals surface area (Å²) in [5.41, 5.74) is 2.01. The summed E-state index contributed by atoms with van der Waals surface area (Å²) >= 11 is 0. The van der Waals surface area contributed by atoms with Crippen LogP contribution in [0.5, 0.6) is 0 Å². The largest absolute Gasteiger partial charge is 0.387 e. The second kappa shape index (κ2) is 5.21. The highest BCUT2D eigenvalue weighted by molar-refractivity contribution is 5.12. The third-order valence-electron chi connectivity index (χ3n) is 4.04. The lowest BCUT2D eigenvalue weighted by Gasteiger charge is -2.30. The molecule has 1 saturated carbocycles. The smallest absolute Gasteiger partial charge is 0.0984 e. The first-order chi connectivity index (χ1) is 8.11. The number of nitrogens with zero attached hydrogens (tertiary/aromatic N) is 2. The van der Waals surface area contributed by atoms with Crippen LogP contribution in [0, 0.1) is 18.8 Å². The first kappa shape index (κ1) is 12.6. The summed E-state index contributed by atoms with van der Waals surface area (Å²) in [5, 5.41) is 14.9. The zero-order valence-corrected chi connectivity index (χ0v) is 11.2. The minimum Gasteiger partial charge on any atom is -0.387 e. The molecule has 1 fully saturated rings. The van der Waals surface area contributed by atoms with E-state index in [4.69, 9.17) is 0 Å². The molecule has 2 rings (SSSR count). The van der Waals surface area contributed by atoms with Gasteiger partial charge in [-0.15, -0.1) is 0 Å². The second-order valence-corrected chi connectivity index (χ2v) is 5.49. The molecule has 1 atom stereocenters. The van der Waals surface area contributed by atoms with Gasteiger partial charge in [0.2, 0.25) is 0 Å². The monoisotopic (exact) mass is 236 g/mol. The molecule has 1 aliphatic carbocycles. The summed E-state index contributed by atoms with van der Waals surface area (Å²) in [6.45, 7) is 7.21. The van der Waals surface area contributed by atoms with Gasteiger partial charge in [0.1, 0.15) is 0 Å². The van der Waals surface area contributed by atoms with Crippen molar-refractivity contribution in [3.8, 4) is 0 Å². The maximum Gasteiger partial charge on any atom is 0.0984 e. The fourth-order valence-corrected chi connectivity index (χ4v) is 2.90.